The van der Waals surface area contributed by atoms with Crippen LogP contribution in [0.3, 0.4) is 0 Å². The average molecular weight is 851 g/mol. The summed E-state index contributed by atoms with van der Waals surface area (Å²) in [5, 5.41) is 9.27. The molecule has 0 atom stereocenters. The molecule has 0 fully saturated rings. The van der Waals surface area contributed by atoms with Gasteiger partial charge in [0.15, 0.2) is 17.5 Å². The van der Waals surface area contributed by atoms with Crippen LogP contribution in [0.25, 0.3) is 116 Å². The Hall–Kier alpha value is -7.89. The lowest BCUT2D eigenvalue weighted by molar-refractivity contribution is 0.332. The van der Waals surface area contributed by atoms with Gasteiger partial charge in [0.25, 0.3) is 0 Å². The third-order valence-electron chi connectivity index (χ3n) is 14.5. The Morgan fingerprint density at radius 3 is 1.74 bits per heavy atom. The monoisotopic (exact) mass is 850 g/mol. The average Bonchev–Trinajstić information content (AvgIpc) is 3.89. The Balaban J connectivity index is 1.09. The summed E-state index contributed by atoms with van der Waals surface area (Å²) in [7, 11) is 0. The second kappa shape index (κ2) is 14.3. The summed E-state index contributed by atoms with van der Waals surface area (Å²) in [6, 6.07) is 65.2. The van der Waals surface area contributed by atoms with E-state index >= 15 is 0 Å². The van der Waals surface area contributed by atoms with Crippen LogP contribution < -0.4 is 0 Å². The number of para-hydroxylation sites is 1. The van der Waals surface area contributed by atoms with Crippen LogP contribution in [0.4, 0.5) is 0 Å². The number of benzene rings is 9. The van der Waals surface area contributed by atoms with Gasteiger partial charge in [0.1, 0.15) is 11.2 Å². The van der Waals surface area contributed by atoms with E-state index in [0.717, 1.165) is 79.1 Å². The summed E-state index contributed by atoms with van der Waals surface area (Å²) in [5.41, 5.74) is 13.1. The molecular weight excluding hydrogens is 805 g/mol. The smallest absolute Gasteiger partial charge is 0.164 e. The topological polar surface area (TPSA) is 56.7 Å². The number of furan rings is 1. The largest absolute Gasteiger partial charge is 0.456 e. The van der Waals surface area contributed by atoms with Crippen molar-refractivity contribution in [2.45, 2.75) is 51.4 Å². The minimum Gasteiger partial charge on any atom is -0.456 e. The van der Waals surface area contributed by atoms with Gasteiger partial charge in [0, 0.05) is 43.6 Å². The molecule has 1 aliphatic rings. The third-order valence-corrected chi connectivity index (χ3v) is 14.5. The zero-order valence-electron chi connectivity index (χ0n) is 37.4. The Kier molecular flexibility index (Phi) is 8.36. The molecule has 5 heteroatoms. The van der Waals surface area contributed by atoms with Crippen molar-refractivity contribution in [2.24, 2.45) is 0 Å². The van der Waals surface area contributed by atoms with Crippen LogP contribution >= 0.6 is 0 Å². The molecule has 0 spiro atoms. The normalized spacial score (nSPS) is 14.5. The molecule has 0 N–H and O–H groups in total. The van der Waals surface area contributed by atoms with Gasteiger partial charge in [-0.25, -0.2) is 15.0 Å². The summed E-state index contributed by atoms with van der Waals surface area (Å²) in [4.78, 5) is 16.1. The SMILES string of the molecule is CC1(C)CCC(C)(C)c2cc3c(cc21)c1cc2ccccc2cc1n3-c1cc(-c2nc(-c3ccc(-c4ccccc4)cc3)nc(-c3cccc4oc5ccccc5c34)n2)cc2ccccc12. The van der Waals surface area contributed by atoms with Gasteiger partial charge in [-0.2, -0.15) is 0 Å². The van der Waals surface area contributed by atoms with Gasteiger partial charge in [-0.05, 0) is 111 Å². The number of hydrogen-bond acceptors (Lipinski definition) is 4. The van der Waals surface area contributed by atoms with Crippen LogP contribution in [0.15, 0.2) is 186 Å². The van der Waals surface area contributed by atoms with Crippen molar-refractivity contribution in [3.63, 3.8) is 0 Å². The Morgan fingerprint density at radius 2 is 0.970 bits per heavy atom. The maximum atomic E-state index is 6.39. The standard InChI is InChI=1S/C61H46N4O/c1-60(2)29-30-61(3,4)50-36-53-48(35-49(50)60)47-32-40-17-8-9-18-41(40)33-52(47)65(53)51-34-43(31-42-19-10-11-20-44(42)51)58-62-57(39-27-25-38(26-28-39)37-15-6-5-7-16-37)63-59(64-58)46-22-14-24-55-56(46)45-21-12-13-23-54(45)66-55/h5-28,31-36H,29-30H2,1-4H3. The maximum absolute atomic E-state index is 6.39. The van der Waals surface area contributed by atoms with E-state index in [0.29, 0.717) is 17.5 Å². The predicted molar refractivity (Wildman–Crippen MR) is 273 cm³/mol. The molecule has 9 aromatic carbocycles. The molecule has 0 bridgehead atoms. The van der Waals surface area contributed by atoms with Crippen LogP contribution in [-0.4, -0.2) is 19.5 Å². The fraction of sp³-hybridized carbons (Fsp3) is 0.131. The maximum Gasteiger partial charge on any atom is 0.164 e. The second-order valence-corrected chi connectivity index (χ2v) is 19.5. The Labute approximate surface area is 383 Å². The van der Waals surface area contributed by atoms with E-state index < -0.39 is 0 Å². The van der Waals surface area contributed by atoms with Crippen molar-refractivity contribution >= 4 is 65.3 Å². The zero-order valence-corrected chi connectivity index (χ0v) is 37.4. The molecule has 12 aromatic rings. The van der Waals surface area contributed by atoms with Crippen molar-refractivity contribution < 1.29 is 4.42 Å². The van der Waals surface area contributed by atoms with E-state index in [4.69, 9.17) is 19.4 Å². The number of nitrogens with zero attached hydrogens (tertiary/aromatic N) is 4. The molecule has 1 aliphatic carbocycles. The molecule has 0 saturated heterocycles. The first-order valence-corrected chi connectivity index (χ1v) is 23.1. The first-order valence-electron chi connectivity index (χ1n) is 23.1. The predicted octanol–water partition coefficient (Wildman–Crippen LogP) is 16.2. The molecule has 0 saturated carbocycles. The van der Waals surface area contributed by atoms with Crippen molar-refractivity contribution in [2.75, 3.05) is 0 Å². The number of hydrogen-bond donors (Lipinski definition) is 0. The molecule has 3 aromatic heterocycles. The van der Waals surface area contributed by atoms with Crippen LogP contribution in [0.1, 0.15) is 51.7 Å². The van der Waals surface area contributed by atoms with Crippen LogP contribution in [-0.2, 0) is 10.8 Å². The highest BCUT2D eigenvalue weighted by atomic mass is 16.3. The lowest BCUT2D eigenvalue weighted by atomic mass is 9.63. The van der Waals surface area contributed by atoms with Crippen molar-refractivity contribution in [1.29, 1.82) is 0 Å². The first-order chi connectivity index (χ1) is 32.2. The first kappa shape index (κ1) is 38.6. The highest BCUT2D eigenvalue weighted by Crippen LogP contribution is 2.49. The Bertz CT molecular complexity index is 3930. The fourth-order valence-electron chi connectivity index (χ4n) is 10.8. The van der Waals surface area contributed by atoms with E-state index in [1.807, 2.05) is 30.3 Å². The minimum absolute atomic E-state index is 0.0368. The minimum atomic E-state index is 0.0368. The van der Waals surface area contributed by atoms with Crippen LogP contribution in [0, 0.1) is 0 Å². The van der Waals surface area contributed by atoms with Gasteiger partial charge < -0.3 is 8.98 Å². The van der Waals surface area contributed by atoms with E-state index in [2.05, 4.69) is 184 Å². The van der Waals surface area contributed by atoms with Crippen molar-refractivity contribution in [3.05, 3.63) is 193 Å². The molecule has 5 nitrogen and oxygen atoms in total. The van der Waals surface area contributed by atoms with E-state index in [1.54, 1.807) is 0 Å². The summed E-state index contributed by atoms with van der Waals surface area (Å²) in [6.45, 7) is 9.68. The number of rotatable bonds is 5. The van der Waals surface area contributed by atoms with Crippen molar-refractivity contribution in [1.82, 2.24) is 19.5 Å². The van der Waals surface area contributed by atoms with Gasteiger partial charge in [-0.1, -0.05) is 161 Å². The second-order valence-electron chi connectivity index (χ2n) is 19.5. The van der Waals surface area contributed by atoms with E-state index in [9.17, 15) is 0 Å². The molecule has 0 unspecified atom stereocenters. The quantitative estimate of drug-likeness (QED) is 0.173. The molecular formula is C61H46N4O. The molecule has 316 valence electrons. The van der Waals surface area contributed by atoms with Crippen LogP contribution in [0.5, 0.6) is 0 Å². The summed E-state index contributed by atoms with van der Waals surface area (Å²) in [6.07, 6.45) is 2.30. The lowest BCUT2D eigenvalue weighted by Gasteiger charge is -2.42. The number of aromatic nitrogens is 4. The highest BCUT2D eigenvalue weighted by molar-refractivity contribution is 6.15. The van der Waals surface area contributed by atoms with Gasteiger partial charge in [-0.3, -0.25) is 0 Å². The summed E-state index contributed by atoms with van der Waals surface area (Å²) >= 11 is 0. The van der Waals surface area contributed by atoms with E-state index in [1.165, 1.54) is 43.7 Å². The molecule has 0 aliphatic heterocycles. The van der Waals surface area contributed by atoms with Crippen LogP contribution in [0.2, 0.25) is 0 Å². The lowest BCUT2D eigenvalue weighted by Crippen LogP contribution is -2.33. The summed E-state index contributed by atoms with van der Waals surface area (Å²) < 4.78 is 8.91. The highest BCUT2D eigenvalue weighted by Gasteiger charge is 2.38. The third kappa shape index (κ3) is 6.03. The van der Waals surface area contributed by atoms with Gasteiger partial charge in [0.2, 0.25) is 0 Å². The van der Waals surface area contributed by atoms with E-state index in [-0.39, 0.29) is 10.8 Å². The summed E-state index contributed by atoms with van der Waals surface area (Å²) in [5.74, 6) is 1.80. The molecule has 3 heterocycles. The molecule has 13 rings (SSSR count). The van der Waals surface area contributed by atoms with Crippen molar-refractivity contribution in [3.8, 4) is 51.0 Å². The molecule has 0 radical (unpaired) electrons. The molecule has 66 heavy (non-hydrogen) atoms. The molecule has 0 amide bonds. The fourth-order valence-corrected chi connectivity index (χ4v) is 10.8. The number of fused-ring (bicyclic) bond motifs is 9. The zero-order chi connectivity index (χ0) is 44.3. The van der Waals surface area contributed by atoms with Gasteiger partial charge >= 0.3 is 0 Å². The Morgan fingerprint density at radius 1 is 0.409 bits per heavy atom. The van der Waals surface area contributed by atoms with Gasteiger partial charge in [0.05, 0.1) is 16.7 Å². The van der Waals surface area contributed by atoms with Gasteiger partial charge in [-0.15, -0.1) is 0 Å².